The molecule has 11 heteroatoms. The van der Waals surface area contributed by atoms with Gasteiger partial charge in [-0.05, 0) is 81.9 Å². The van der Waals surface area contributed by atoms with E-state index in [-0.39, 0.29) is 30.9 Å². The Kier molecular flexibility index (Phi) is 17.7. The zero-order chi connectivity index (χ0) is 37.2. The number of hydrogen-bond donors (Lipinski definition) is 2. The molecule has 278 valence electrons. The number of benzene rings is 3. The molecule has 0 radical (unpaired) electrons. The van der Waals surface area contributed by atoms with E-state index in [9.17, 15) is 23.2 Å². The third kappa shape index (κ3) is 14.9. The molecule has 0 saturated heterocycles. The van der Waals surface area contributed by atoms with E-state index < -0.39 is 35.5 Å². The summed E-state index contributed by atoms with van der Waals surface area (Å²) in [6.45, 7) is 8.49. The first-order valence-corrected chi connectivity index (χ1v) is 17.9. The summed E-state index contributed by atoms with van der Waals surface area (Å²) in [4.78, 5) is 46.5. The summed E-state index contributed by atoms with van der Waals surface area (Å²) in [6.07, 6.45) is 1.62. The fourth-order valence-corrected chi connectivity index (χ4v) is 5.83. The first-order chi connectivity index (χ1) is 24.5. The number of carbonyl (C=O) groups excluding carboxylic acids is 3. The molecule has 2 N–H and O–H groups in total. The lowest BCUT2D eigenvalue weighted by Gasteiger charge is -2.29. The van der Waals surface area contributed by atoms with Gasteiger partial charge in [0.1, 0.15) is 18.2 Å². The first-order valence-electron chi connectivity index (χ1n) is 17.9. The van der Waals surface area contributed by atoms with E-state index in [1.807, 2.05) is 65.3 Å². The number of amides is 2. The van der Waals surface area contributed by atoms with Crippen LogP contribution in [-0.2, 0) is 22.5 Å². The standard InChI is InChI=1S/C40H55F2N5O4/c1-6-16-47(17-7-2)40(50)33-15-11-14-32(25-33)39(49)44-37(24-31-22-35(41)27-36(42)23-31)34(29-43-28-30-12-9-8-10-13-30)26-38(48)51-21-20-46(5)19-18-45(3)4/h8-15,22-23,25,27,34,37,43H,6-7,16-21,24,26,28-29H2,1-5H3,(H,44,49). The van der Waals surface area contributed by atoms with E-state index in [1.165, 1.54) is 12.1 Å². The lowest BCUT2D eigenvalue weighted by atomic mass is 9.90. The number of nitrogens with one attached hydrogen (secondary N) is 2. The van der Waals surface area contributed by atoms with Crippen molar-refractivity contribution in [1.29, 1.82) is 0 Å². The van der Waals surface area contributed by atoms with Crippen LogP contribution < -0.4 is 10.6 Å². The third-order valence-corrected chi connectivity index (χ3v) is 8.58. The number of carbonyl (C=O) groups is 3. The molecule has 0 heterocycles. The molecule has 2 unspecified atom stereocenters. The molecule has 2 amide bonds. The van der Waals surface area contributed by atoms with Gasteiger partial charge in [0.05, 0.1) is 6.42 Å². The summed E-state index contributed by atoms with van der Waals surface area (Å²) >= 11 is 0. The molecule has 3 aromatic carbocycles. The van der Waals surface area contributed by atoms with Gasteiger partial charge in [0.25, 0.3) is 11.8 Å². The Bertz CT molecular complexity index is 1500. The SMILES string of the molecule is CCCN(CCC)C(=O)c1cccc(C(=O)NC(Cc2cc(F)cc(F)c2)C(CNCc2ccccc2)CC(=O)OCCN(C)CCN(C)C)c1. The summed E-state index contributed by atoms with van der Waals surface area (Å²) in [5.74, 6) is -3.04. The van der Waals surface area contributed by atoms with Gasteiger partial charge in [0, 0.05) is 75.0 Å². The Morgan fingerprint density at radius 3 is 2.08 bits per heavy atom. The lowest BCUT2D eigenvalue weighted by Crippen LogP contribution is -2.46. The van der Waals surface area contributed by atoms with Crippen molar-refractivity contribution in [2.75, 3.05) is 67.0 Å². The van der Waals surface area contributed by atoms with Crippen molar-refractivity contribution in [2.45, 2.75) is 52.1 Å². The molecule has 0 aromatic heterocycles. The quantitative estimate of drug-likeness (QED) is 0.135. The van der Waals surface area contributed by atoms with Crippen LogP contribution in [0.1, 0.15) is 65.0 Å². The highest BCUT2D eigenvalue weighted by Gasteiger charge is 2.28. The highest BCUT2D eigenvalue weighted by Crippen LogP contribution is 2.19. The topological polar surface area (TPSA) is 94.2 Å². The second-order valence-corrected chi connectivity index (χ2v) is 13.3. The van der Waals surface area contributed by atoms with Gasteiger partial charge in [-0.2, -0.15) is 0 Å². The van der Waals surface area contributed by atoms with Crippen LogP contribution in [0.3, 0.4) is 0 Å². The molecular weight excluding hydrogens is 652 g/mol. The third-order valence-electron chi connectivity index (χ3n) is 8.58. The van der Waals surface area contributed by atoms with Gasteiger partial charge < -0.3 is 30.1 Å². The smallest absolute Gasteiger partial charge is 0.306 e. The van der Waals surface area contributed by atoms with Gasteiger partial charge in [0.15, 0.2) is 0 Å². The molecule has 0 fully saturated rings. The first kappa shape index (κ1) is 41.2. The zero-order valence-electron chi connectivity index (χ0n) is 30.8. The van der Waals surface area contributed by atoms with Gasteiger partial charge >= 0.3 is 5.97 Å². The van der Waals surface area contributed by atoms with Crippen LogP contribution in [0.25, 0.3) is 0 Å². The number of nitrogens with zero attached hydrogens (tertiary/aromatic N) is 3. The minimum atomic E-state index is -0.735. The summed E-state index contributed by atoms with van der Waals surface area (Å²) in [5.41, 5.74) is 2.03. The van der Waals surface area contributed by atoms with Gasteiger partial charge in [-0.3, -0.25) is 14.4 Å². The van der Waals surface area contributed by atoms with Crippen LogP contribution in [0.4, 0.5) is 8.78 Å². The van der Waals surface area contributed by atoms with Gasteiger partial charge in [0.2, 0.25) is 0 Å². The molecule has 0 aliphatic carbocycles. The monoisotopic (exact) mass is 707 g/mol. The summed E-state index contributed by atoms with van der Waals surface area (Å²) in [7, 11) is 5.96. The van der Waals surface area contributed by atoms with Crippen molar-refractivity contribution in [3.8, 4) is 0 Å². The maximum atomic E-state index is 14.3. The van der Waals surface area contributed by atoms with Crippen molar-refractivity contribution >= 4 is 17.8 Å². The van der Waals surface area contributed by atoms with E-state index in [0.717, 1.165) is 37.6 Å². The Morgan fingerprint density at radius 2 is 1.43 bits per heavy atom. The molecule has 2 atom stereocenters. The van der Waals surface area contributed by atoms with Crippen LogP contribution in [-0.4, -0.2) is 106 Å². The molecule has 0 aliphatic heterocycles. The van der Waals surface area contributed by atoms with Crippen LogP contribution in [0.2, 0.25) is 0 Å². The predicted octanol–water partition coefficient (Wildman–Crippen LogP) is 5.40. The minimum absolute atomic E-state index is 0.0481. The number of halogens is 2. The normalized spacial score (nSPS) is 12.5. The van der Waals surface area contributed by atoms with E-state index in [0.29, 0.717) is 43.9 Å². The second-order valence-electron chi connectivity index (χ2n) is 13.3. The maximum absolute atomic E-state index is 14.3. The molecular formula is C40H55F2N5O4. The molecule has 3 rings (SSSR count). The van der Waals surface area contributed by atoms with Crippen molar-refractivity contribution in [3.63, 3.8) is 0 Å². The molecule has 51 heavy (non-hydrogen) atoms. The summed E-state index contributed by atoms with van der Waals surface area (Å²) in [5, 5.41) is 6.45. The number of ether oxygens (including phenoxy) is 1. The molecule has 0 bridgehead atoms. The van der Waals surface area contributed by atoms with Gasteiger partial charge in [-0.25, -0.2) is 8.78 Å². The van der Waals surface area contributed by atoms with E-state index in [4.69, 9.17) is 4.74 Å². The predicted molar refractivity (Wildman–Crippen MR) is 198 cm³/mol. The van der Waals surface area contributed by atoms with Crippen molar-refractivity contribution in [1.82, 2.24) is 25.3 Å². The van der Waals surface area contributed by atoms with Crippen molar-refractivity contribution in [2.24, 2.45) is 5.92 Å². The average Bonchev–Trinajstić information content (AvgIpc) is 3.09. The summed E-state index contributed by atoms with van der Waals surface area (Å²) < 4.78 is 34.3. The van der Waals surface area contributed by atoms with E-state index >= 15 is 0 Å². The zero-order valence-corrected chi connectivity index (χ0v) is 30.8. The highest BCUT2D eigenvalue weighted by atomic mass is 19.1. The minimum Gasteiger partial charge on any atom is -0.464 e. The van der Waals surface area contributed by atoms with Crippen LogP contribution >= 0.6 is 0 Å². The Labute approximate surface area is 302 Å². The average molecular weight is 708 g/mol. The molecule has 0 spiro atoms. The highest BCUT2D eigenvalue weighted by molar-refractivity contribution is 5.99. The number of hydrogen-bond acceptors (Lipinski definition) is 7. The summed E-state index contributed by atoms with van der Waals surface area (Å²) in [6, 6.07) is 18.8. The maximum Gasteiger partial charge on any atom is 0.306 e. The fourth-order valence-electron chi connectivity index (χ4n) is 5.83. The number of likely N-dealkylation sites (N-methyl/N-ethyl adjacent to an activating group) is 2. The van der Waals surface area contributed by atoms with Crippen LogP contribution in [0.15, 0.2) is 72.8 Å². The van der Waals surface area contributed by atoms with E-state index in [1.54, 1.807) is 29.2 Å². The van der Waals surface area contributed by atoms with Gasteiger partial charge in [-0.15, -0.1) is 0 Å². The molecule has 9 nitrogen and oxygen atoms in total. The number of esters is 1. The van der Waals surface area contributed by atoms with Crippen LogP contribution in [0, 0.1) is 17.6 Å². The molecule has 0 aliphatic rings. The Morgan fingerprint density at radius 1 is 0.765 bits per heavy atom. The molecule has 3 aromatic rings. The Balaban J connectivity index is 1.87. The lowest BCUT2D eigenvalue weighted by molar-refractivity contribution is -0.145. The van der Waals surface area contributed by atoms with Gasteiger partial charge in [-0.1, -0.05) is 50.2 Å². The van der Waals surface area contributed by atoms with E-state index in [2.05, 4.69) is 20.4 Å². The fraction of sp³-hybridized carbons (Fsp3) is 0.475. The number of rotatable bonds is 22. The Hall–Kier alpha value is -4.19. The largest absolute Gasteiger partial charge is 0.464 e. The van der Waals surface area contributed by atoms with Crippen molar-refractivity contribution < 1.29 is 27.9 Å². The van der Waals surface area contributed by atoms with Crippen LogP contribution in [0.5, 0.6) is 0 Å². The van der Waals surface area contributed by atoms with Crippen molar-refractivity contribution in [3.05, 3.63) is 107 Å². The molecule has 0 saturated carbocycles. The second kappa shape index (κ2) is 21.9.